The van der Waals surface area contributed by atoms with Gasteiger partial charge in [0.25, 0.3) is 0 Å². The molecule has 0 spiro atoms. The molecule has 0 fully saturated rings. The number of rotatable bonds is 4. The summed E-state index contributed by atoms with van der Waals surface area (Å²) in [7, 11) is 0. The summed E-state index contributed by atoms with van der Waals surface area (Å²) in [6.07, 6.45) is 3.68. The highest BCUT2D eigenvalue weighted by Gasteiger charge is 1.82. The third kappa shape index (κ3) is 5.16. The Hall–Kier alpha value is -0.980. The summed E-state index contributed by atoms with van der Waals surface area (Å²) < 4.78 is 5.07. The molecule has 0 radical (unpaired) electrons. The highest BCUT2D eigenvalue weighted by atomic mass is 16.5. The molecule has 56 valence electrons. The van der Waals surface area contributed by atoms with Crippen molar-refractivity contribution < 1.29 is 4.74 Å². The van der Waals surface area contributed by atoms with Crippen LogP contribution in [0.15, 0.2) is 36.6 Å². The van der Waals surface area contributed by atoms with E-state index < -0.39 is 0 Å². The molecule has 0 aromatic carbocycles. The predicted octanol–water partition coefficient (Wildman–Crippen LogP) is 2.67. The van der Waals surface area contributed by atoms with Gasteiger partial charge in [-0.25, -0.2) is 0 Å². The van der Waals surface area contributed by atoms with Gasteiger partial charge in [0.2, 0.25) is 0 Å². The van der Waals surface area contributed by atoms with Crippen molar-refractivity contribution >= 4 is 0 Å². The van der Waals surface area contributed by atoms with Crippen molar-refractivity contribution in [1.82, 2.24) is 0 Å². The van der Waals surface area contributed by atoms with Crippen LogP contribution in [0.25, 0.3) is 0 Å². The monoisotopic (exact) mass is 138 g/mol. The lowest BCUT2D eigenvalue weighted by molar-refractivity contribution is 0.244. The molecule has 0 atom stereocenters. The SMILES string of the molecule is C=C(C)/C=C\C(=C)OCC. The van der Waals surface area contributed by atoms with Gasteiger partial charge in [-0.3, -0.25) is 0 Å². The molecule has 0 aliphatic rings. The highest BCUT2D eigenvalue weighted by Crippen LogP contribution is 1.98. The van der Waals surface area contributed by atoms with Crippen LogP contribution in [0.4, 0.5) is 0 Å². The van der Waals surface area contributed by atoms with Crippen LogP contribution in [0.3, 0.4) is 0 Å². The van der Waals surface area contributed by atoms with Crippen molar-refractivity contribution in [2.24, 2.45) is 0 Å². The van der Waals surface area contributed by atoms with E-state index in [1.807, 2.05) is 26.0 Å². The lowest BCUT2D eigenvalue weighted by atomic mass is 10.3. The maximum Gasteiger partial charge on any atom is 0.112 e. The molecular weight excluding hydrogens is 124 g/mol. The first-order valence-electron chi connectivity index (χ1n) is 3.32. The second kappa shape index (κ2) is 4.86. The summed E-state index contributed by atoms with van der Waals surface area (Å²) in [5.74, 6) is 0.686. The molecule has 0 saturated carbocycles. The Kier molecular flexibility index (Phi) is 4.38. The van der Waals surface area contributed by atoms with Crippen molar-refractivity contribution in [3.05, 3.63) is 36.6 Å². The Labute approximate surface area is 62.7 Å². The minimum absolute atomic E-state index is 0.666. The Bertz CT molecular complexity index is 154. The van der Waals surface area contributed by atoms with Crippen molar-refractivity contribution in [3.63, 3.8) is 0 Å². The fourth-order valence-corrected chi connectivity index (χ4v) is 0.469. The summed E-state index contributed by atoms with van der Waals surface area (Å²) in [6.45, 7) is 11.9. The molecule has 0 aromatic heterocycles. The largest absolute Gasteiger partial charge is 0.495 e. The molecule has 0 aliphatic heterocycles. The fourth-order valence-electron chi connectivity index (χ4n) is 0.469. The number of hydrogen-bond acceptors (Lipinski definition) is 1. The molecule has 0 bridgehead atoms. The van der Waals surface area contributed by atoms with E-state index in [1.165, 1.54) is 0 Å². The summed E-state index contributed by atoms with van der Waals surface area (Å²) >= 11 is 0. The van der Waals surface area contributed by atoms with Gasteiger partial charge < -0.3 is 4.74 Å². The summed E-state index contributed by atoms with van der Waals surface area (Å²) in [6, 6.07) is 0. The number of ether oxygens (including phenoxy) is 1. The van der Waals surface area contributed by atoms with E-state index in [9.17, 15) is 0 Å². The average molecular weight is 138 g/mol. The Morgan fingerprint density at radius 2 is 2.00 bits per heavy atom. The first kappa shape index (κ1) is 9.02. The first-order chi connectivity index (χ1) is 4.66. The van der Waals surface area contributed by atoms with Gasteiger partial charge in [0.05, 0.1) is 6.61 Å². The molecule has 1 nitrogen and oxygen atoms in total. The smallest absolute Gasteiger partial charge is 0.112 e. The van der Waals surface area contributed by atoms with Crippen LogP contribution < -0.4 is 0 Å². The van der Waals surface area contributed by atoms with Crippen LogP contribution in [-0.2, 0) is 4.74 Å². The van der Waals surface area contributed by atoms with Crippen LogP contribution in [0.5, 0.6) is 0 Å². The second-order valence-corrected chi connectivity index (χ2v) is 2.08. The maximum atomic E-state index is 5.07. The van der Waals surface area contributed by atoms with Gasteiger partial charge in [0, 0.05) is 0 Å². The molecule has 0 aromatic rings. The zero-order valence-corrected chi connectivity index (χ0v) is 6.68. The molecule has 0 aliphatic carbocycles. The van der Waals surface area contributed by atoms with Crippen molar-refractivity contribution in [2.75, 3.05) is 6.61 Å². The standard InChI is InChI=1S/C9H14O/c1-5-10-9(4)7-6-8(2)3/h6-7H,2,4-5H2,1,3H3/b7-6-. The third-order valence-electron chi connectivity index (χ3n) is 0.883. The topological polar surface area (TPSA) is 9.23 Å². The summed E-state index contributed by atoms with van der Waals surface area (Å²) in [5, 5.41) is 0. The van der Waals surface area contributed by atoms with Crippen molar-refractivity contribution in [3.8, 4) is 0 Å². The first-order valence-corrected chi connectivity index (χ1v) is 3.32. The van der Waals surface area contributed by atoms with E-state index in [2.05, 4.69) is 13.2 Å². The van der Waals surface area contributed by atoms with Gasteiger partial charge in [0.1, 0.15) is 5.76 Å². The number of allylic oxidation sites excluding steroid dienone is 3. The van der Waals surface area contributed by atoms with Crippen molar-refractivity contribution in [2.45, 2.75) is 13.8 Å². The van der Waals surface area contributed by atoms with E-state index >= 15 is 0 Å². The van der Waals surface area contributed by atoms with Crippen LogP contribution in [0.1, 0.15) is 13.8 Å². The van der Waals surface area contributed by atoms with Crippen molar-refractivity contribution in [1.29, 1.82) is 0 Å². The van der Waals surface area contributed by atoms with Gasteiger partial charge in [-0.2, -0.15) is 0 Å². The average Bonchev–Trinajstić information content (AvgIpc) is 1.85. The summed E-state index contributed by atoms with van der Waals surface area (Å²) in [5.41, 5.74) is 1.00. The molecule has 0 amide bonds. The van der Waals surface area contributed by atoms with Gasteiger partial charge in [0.15, 0.2) is 0 Å². The van der Waals surface area contributed by atoms with E-state index in [0.717, 1.165) is 5.57 Å². The van der Waals surface area contributed by atoms with Crippen LogP contribution in [0.2, 0.25) is 0 Å². The Balaban J connectivity index is 3.67. The maximum absolute atomic E-state index is 5.07. The second-order valence-electron chi connectivity index (χ2n) is 2.08. The van der Waals surface area contributed by atoms with E-state index in [-0.39, 0.29) is 0 Å². The normalized spacial score (nSPS) is 9.80. The van der Waals surface area contributed by atoms with E-state index in [1.54, 1.807) is 0 Å². The van der Waals surface area contributed by atoms with Crippen LogP contribution >= 0.6 is 0 Å². The summed E-state index contributed by atoms with van der Waals surface area (Å²) in [4.78, 5) is 0. The molecule has 1 heteroatoms. The Morgan fingerprint density at radius 3 is 2.40 bits per heavy atom. The third-order valence-corrected chi connectivity index (χ3v) is 0.883. The minimum atomic E-state index is 0.666. The van der Waals surface area contributed by atoms with Gasteiger partial charge in [-0.1, -0.05) is 24.8 Å². The lowest BCUT2D eigenvalue weighted by Gasteiger charge is -1.99. The number of hydrogen-bond donors (Lipinski definition) is 0. The lowest BCUT2D eigenvalue weighted by Crippen LogP contribution is -1.84. The molecule has 0 unspecified atom stereocenters. The van der Waals surface area contributed by atoms with Gasteiger partial charge in [-0.15, -0.1) is 0 Å². The minimum Gasteiger partial charge on any atom is -0.495 e. The van der Waals surface area contributed by atoms with E-state index in [0.29, 0.717) is 12.4 Å². The zero-order valence-electron chi connectivity index (χ0n) is 6.68. The highest BCUT2D eigenvalue weighted by molar-refractivity contribution is 5.19. The predicted molar refractivity (Wildman–Crippen MR) is 44.7 cm³/mol. The molecular formula is C9H14O. The molecule has 0 rings (SSSR count). The van der Waals surface area contributed by atoms with E-state index in [4.69, 9.17) is 4.74 Å². The van der Waals surface area contributed by atoms with Crippen LogP contribution in [-0.4, -0.2) is 6.61 Å². The fraction of sp³-hybridized carbons (Fsp3) is 0.333. The quantitative estimate of drug-likeness (QED) is 0.428. The van der Waals surface area contributed by atoms with Gasteiger partial charge in [-0.05, 0) is 19.9 Å². The van der Waals surface area contributed by atoms with Crippen LogP contribution in [0, 0.1) is 0 Å². The molecule has 0 saturated heterocycles. The zero-order chi connectivity index (χ0) is 7.98. The molecule has 0 N–H and O–H groups in total. The van der Waals surface area contributed by atoms with Gasteiger partial charge >= 0.3 is 0 Å². The molecule has 0 heterocycles. The molecule has 10 heavy (non-hydrogen) atoms. The Morgan fingerprint density at radius 1 is 1.40 bits per heavy atom.